The van der Waals surface area contributed by atoms with Crippen LogP contribution in [0.4, 0.5) is 20.7 Å². The number of hydrogen-bond donors (Lipinski definition) is 3. The zero-order valence-corrected chi connectivity index (χ0v) is 16.8. The van der Waals surface area contributed by atoms with Gasteiger partial charge in [-0.1, -0.05) is 72.8 Å². The molecule has 31 heavy (non-hydrogen) atoms. The molecule has 0 aliphatic carbocycles. The van der Waals surface area contributed by atoms with E-state index < -0.39 is 11.8 Å². The summed E-state index contributed by atoms with van der Waals surface area (Å²) in [7, 11) is 0. The quantitative estimate of drug-likeness (QED) is 0.429. The number of benzene rings is 3. The summed E-state index contributed by atoms with van der Waals surface area (Å²) in [5.41, 5.74) is 9.17. The minimum Gasteiger partial charge on any atom is -0.382 e. The van der Waals surface area contributed by atoms with Gasteiger partial charge in [0.25, 0.3) is 0 Å². The van der Waals surface area contributed by atoms with Crippen molar-refractivity contribution < 1.29 is 9.18 Å². The van der Waals surface area contributed by atoms with E-state index in [-0.39, 0.29) is 11.5 Å². The van der Waals surface area contributed by atoms with E-state index in [1.54, 1.807) is 18.2 Å². The average molecular weight is 415 g/mol. The number of aromatic nitrogens is 2. The average Bonchev–Trinajstić information content (AvgIpc) is 3.11. The van der Waals surface area contributed by atoms with E-state index in [0.717, 1.165) is 11.1 Å². The molecule has 4 N–H and O–H groups in total. The van der Waals surface area contributed by atoms with Crippen molar-refractivity contribution in [3.8, 4) is 16.9 Å². The largest absolute Gasteiger partial charge is 0.382 e. The van der Waals surface area contributed by atoms with Crippen LogP contribution < -0.4 is 16.4 Å². The maximum atomic E-state index is 14.4. The van der Waals surface area contributed by atoms with Crippen molar-refractivity contribution in [3.05, 3.63) is 96.3 Å². The van der Waals surface area contributed by atoms with E-state index in [1.165, 1.54) is 10.7 Å². The summed E-state index contributed by atoms with van der Waals surface area (Å²) in [4.78, 5) is 12.6. The van der Waals surface area contributed by atoms with Crippen LogP contribution in [0.5, 0.6) is 0 Å². The van der Waals surface area contributed by atoms with Crippen LogP contribution in [0.3, 0.4) is 0 Å². The summed E-state index contributed by atoms with van der Waals surface area (Å²) in [6.45, 7) is 0.456. The zero-order chi connectivity index (χ0) is 21.6. The molecule has 4 aromatic rings. The minimum atomic E-state index is -0.463. The molecule has 156 valence electrons. The van der Waals surface area contributed by atoms with Crippen molar-refractivity contribution in [2.75, 3.05) is 17.6 Å². The van der Waals surface area contributed by atoms with E-state index in [1.807, 2.05) is 60.7 Å². The first kappa shape index (κ1) is 20.2. The molecule has 0 fully saturated rings. The van der Waals surface area contributed by atoms with Crippen LogP contribution in [0.25, 0.3) is 16.9 Å². The monoisotopic (exact) mass is 415 g/mol. The molecule has 4 rings (SSSR count). The summed E-state index contributed by atoms with van der Waals surface area (Å²) in [6.07, 6.45) is 0.698. The van der Waals surface area contributed by atoms with Crippen molar-refractivity contribution in [1.29, 1.82) is 0 Å². The molecule has 0 saturated heterocycles. The Labute approximate surface area is 179 Å². The summed E-state index contributed by atoms with van der Waals surface area (Å²) in [5.74, 6) is -0.322. The number of para-hydroxylation sites is 1. The summed E-state index contributed by atoms with van der Waals surface area (Å²) in [6, 6.07) is 25.0. The molecule has 7 heteroatoms. The number of nitrogens with one attached hydrogen (secondary N) is 2. The number of hydrogen-bond acceptors (Lipinski definition) is 3. The zero-order valence-electron chi connectivity index (χ0n) is 16.8. The number of nitrogen functional groups attached to an aromatic ring is 1. The first-order valence-corrected chi connectivity index (χ1v) is 9.91. The van der Waals surface area contributed by atoms with E-state index >= 15 is 0 Å². The fourth-order valence-corrected chi connectivity index (χ4v) is 3.28. The molecule has 1 heterocycles. The van der Waals surface area contributed by atoms with Crippen LogP contribution >= 0.6 is 0 Å². The molecular formula is C24H22FN5O. The Bertz CT molecular complexity index is 1180. The highest BCUT2D eigenvalue weighted by atomic mass is 19.1. The molecule has 0 saturated carbocycles. The lowest BCUT2D eigenvalue weighted by molar-refractivity contribution is 0.252. The SMILES string of the molecule is Nc1c(NC(=O)NCCc2ccccc2)c(-c2ccccc2)nn1-c1ccccc1F. The van der Waals surface area contributed by atoms with Crippen molar-refractivity contribution >= 4 is 17.5 Å². The Hall–Kier alpha value is -4.13. The molecule has 1 aromatic heterocycles. The maximum Gasteiger partial charge on any atom is 0.319 e. The molecule has 0 radical (unpaired) electrons. The van der Waals surface area contributed by atoms with Gasteiger partial charge in [0.05, 0.1) is 0 Å². The van der Waals surface area contributed by atoms with E-state index in [0.29, 0.717) is 24.3 Å². The van der Waals surface area contributed by atoms with Gasteiger partial charge in [-0.2, -0.15) is 5.10 Å². The van der Waals surface area contributed by atoms with Gasteiger partial charge in [-0.3, -0.25) is 0 Å². The predicted molar refractivity (Wildman–Crippen MR) is 121 cm³/mol. The summed E-state index contributed by atoms with van der Waals surface area (Å²) in [5, 5.41) is 10.1. The molecular weight excluding hydrogens is 393 g/mol. The molecule has 3 aromatic carbocycles. The highest BCUT2D eigenvalue weighted by Gasteiger charge is 2.21. The second-order valence-electron chi connectivity index (χ2n) is 6.95. The lowest BCUT2D eigenvalue weighted by Crippen LogP contribution is -2.30. The third kappa shape index (κ3) is 4.56. The molecule has 0 aliphatic heterocycles. The number of amides is 2. The summed E-state index contributed by atoms with van der Waals surface area (Å²) < 4.78 is 15.7. The molecule has 6 nitrogen and oxygen atoms in total. The van der Waals surface area contributed by atoms with Crippen LogP contribution in [-0.4, -0.2) is 22.4 Å². The van der Waals surface area contributed by atoms with Gasteiger partial charge in [-0.05, 0) is 24.1 Å². The molecule has 0 unspecified atom stereocenters. The van der Waals surface area contributed by atoms with Crippen LogP contribution in [-0.2, 0) is 6.42 Å². The topological polar surface area (TPSA) is 85.0 Å². The molecule has 0 bridgehead atoms. The Morgan fingerprint density at radius 1 is 0.935 bits per heavy atom. The van der Waals surface area contributed by atoms with Gasteiger partial charge in [0.15, 0.2) is 5.82 Å². The van der Waals surface area contributed by atoms with E-state index in [9.17, 15) is 9.18 Å². The normalized spacial score (nSPS) is 10.6. The Morgan fingerprint density at radius 3 is 2.29 bits per heavy atom. The van der Waals surface area contributed by atoms with Gasteiger partial charge in [0.2, 0.25) is 0 Å². The van der Waals surface area contributed by atoms with Gasteiger partial charge in [-0.15, -0.1) is 0 Å². The van der Waals surface area contributed by atoms with Crippen molar-refractivity contribution in [3.63, 3.8) is 0 Å². The molecule has 0 atom stereocenters. The number of rotatable bonds is 6. The van der Waals surface area contributed by atoms with Gasteiger partial charge in [-0.25, -0.2) is 13.9 Å². The van der Waals surface area contributed by atoms with Gasteiger partial charge in [0.1, 0.15) is 22.9 Å². The molecule has 0 spiro atoms. The third-order valence-electron chi connectivity index (χ3n) is 4.83. The van der Waals surface area contributed by atoms with Crippen molar-refractivity contribution in [2.24, 2.45) is 0 Å². The highest BCUT2D eigenvalue weighted by molar-refractivity contribution is 5.97. The van der Waals surface area contributed by atoms with E-state index in [2.05, 4.69) is 15.7 Å². The second kappa shape index (κ2) is 9.13. The molecule has 0 aliphatic rings. The Balaban J connectivity index is 1.59. The number of anilines is 2. The first-order valence-electron chi connectivity index (χ1n) is 9.91. The summed E-state index contributed by atoms with van der Waals surface area (Å²) >= 11 is 0. The van der Waals surface area contributed by atoms with Crippen molar-refractivity contribution in [2.45, 2.75) is 6.42 Å². The fraction of sp³-hybridized carbons (Fsp3) is 0.0833. The number of nitrogens with two attached hydrogens (primary N) is 1. The third-order valence-corrected chi connectivity index (χ3v) is 4.83. The standard InChI is InChI=1S/C24H22FN5O/c25-19-13-7-8-14-20(19)30-23(26)22(21(29-30)18-11-5-2-6-12-18)28-24(31)27-16-15-17-9-3-1-4-10-17/h1-14H,15-16,26H2,(H2,27,28,31). The predicted octanol–water partition coefficient (Wildman–Crippen LogP) is 4.62. The number of carbonyl (C=O) groups excluding carboxylic acids is 1. The number of urea groups is 1. The first-order chi connectivity index (χ1) is 15.1. The van der Waals surface area contributed by atoms with Crippen molar-refractivity contribution in [1.82, 2.24) is 15.1 Å². The maximum absolute atomic E-state index is 14.4. The van der Waals surface area contributed by atoms with Gasteiger partial charge >= 0.3 is 6.03 Å². The van der Waals surface area contributed by atoms with Crippen LogP contribution in [0, 0.1) is 5.82 Å². The lowest BCUT2D eigenvalue weighted by Gasteiger charge is -2.09. The fourth-order valence-electron chi connectivity index (χ4n) is 3.28. The second-order valence-corrected chi connectivity index (χ2v) is 6.95. The smallest absolute Gasteiger partial charge is 0.319 e. The van der Waals surface area contributed by atoms with E-state index in [4.69, 9.17) is 5.73 Å². The van der Waals surface area contributed by atoms with Crippen LogP contribution in [0.2, 0.25) is 0 Å². The lowest BCUT2D eigenvalue weighted by atomic mass is 10.1. The molecule has 2 amide bonds. The number of nitrogens with zero attached hydrogens (tertiary/aromatic N) is 2. The number of carbonyl (C=O) groups is 1. The Kier molecular flexibility index (Phi) is 5.93. The van der Waals surface area contributed by atoms with Crippen LogP contribution in [0.1, 0.15) is 5.56 Å². The van der Waals surface area contributed by atoms with Gasteiger partial charge < -0.3 is 16.4 Å². The Morgan fingerprint density at radius 2 is 1.58 bits per heavy atom. The highest BCUT2D eigenvalue weighted by Crippen LogP contribution is 2.34. The van der Waals surface area contributed by atoms with Gasteiger partial charge in [0, 0.05) is 12.1 Å². The number of halogens is 1. The minimum absolute atomic E-state index is 0.141. The van der Waals surface area contributed by atoms with Crippen LogP contribution in [0.15, 0.2) is 84.9 Å².